The molecule has 32 heavy (non-hydrogen) atoms. The van der Waals surface area contributed by atoms with E-state index in [1.54, 1.807) is 12.1 Å². The summed E-state index contributed by atoms with van der Waals surface area (Å²) in [6, 6.07) is 16.6. The van der Waals surface area contributed by atoms with Crippen LogP contribution in [0.2, 0.25) is 0 Å². The summed E-state index contributed by atoms with van der Waals surface area (Å²) in [6.07, 6.45) is -2.41. The fourth-order valence-electron chi connectivity index (χ4n) is 3.10. The van der Waals surface area contributed by atoms with Gasteiger partial charge in [-0.3, -0.25) is 9.55 Å². The minimum absolute atomic E-state index is 0.00401. The lowest BCUT2D eigenvalue weighted by molar-refractivity contribution is -0.141. The molecule has 0 saturated carbocycles. The number of fused-ring (bicyclic) bond motifs is 1. The molecule has 4 aromatic rings. The molecule has 2 heterocycles. The van der Waals surface area contributed by atoms with Gasteiger partial charge in [0.2, 0.25) is 0 Å². The van der Waals surface area contributed by atoms with Crippen LogP contribution in [-0.2, 0) is 6.54 Å². The molecular weight excluding hydrogens is 441 g/mol. The number of alkyl halides is 3. The molecule has 0 saturated heterocycles. The maximum atomic E-state index is 13.1. The van der Waals surface area contributed by atoms with Crippen LogP contribution in [0.3, 0.4) is 0 Å². The average Bonchev–Trinajstić information content (AvgIpc) is 3.17. The van der Waals surface area contributed by atoms with Gasteiger partial charge in [0.05, 0.1) is 6.10 Å². The van der Waals surface area contributed by atoms with Gasteiger partial charge in [-0.2, -0.15) is 13.2 Å². The van der Waals surface area contributed by atoms with Crippen LogP contribution in [0.1, 0.15) is 0 Å². The van der Waals surface area contributed by atoms with Gasteiger partial charge in [0, 0.05) is 23.7 Å². The van der Waals surface area contributed by atoms with Crippen LogP contribution in [0.25, 0.3) is 22.2 Å². The highest BCUT2D eigenvalue weighted by atomic mass is 32.2. The Morgan fingerprint density at radius 2 is 1.75 bits per heavy atom. The molecule has 1 atom stereocenters. The molecule has 166 valence electrons. The van der Waals surface area contributed by atoms with Crippen molar-refractivity contribution in [3.8, 4) is 17.1 Å². The van der Waals surface area contributed by atoms with Crippen LogP contribution in [0.5, 0.6) is 5.75 Å². The van der Waals surface area contributed by atoms with Gasteiger partial charge in [-0.15, -0.1) is 10.2 Å². The highest BCUT2D eigenvalue weighted by molar-refractivity contribution is 7.99. The van der Waals surface area contributed by atoms with Crippen LogP contribution in [0.4, 0.5) is 13.2 Å². The predicted octanol–water partition coefficient (Wildman–Crippen LogP) is 4.59. The normalized spacial score (nSPS) is 12.8. The number of hydrogen-bond donors (Lipinski definition) is 1. The Hall–Kier alpha value is -3.11. The van der Waals surface area contributed by atoms with Crippen LogP contribution in [0, 0.1) is 0 Å². The molecule has 0 aliphatic heterocycles. The molecule has 0 radical (unpaired) electrons. The Bertz CT molecular complexity index is 1180. The monoisotopic (exact) mass is 460 g/mol. The molecule has 4 rings (SSSR count). The summed E-state index contributed by atoms with van der Waals surface area (Å²) in [5.41, 5.74) is 0.476. The number of aromatic nitrogens is 4. The minimum atomic E-state index is -4.45. The van der Waals surface area contributed by atoms with Gasteiger partial charge in [-0.25, -0.2) is 0 Å². The lowest BCUT2D eigenvalue weighted by atomic mass is 10.1. The zero-order valence-corrected chi connectivity index (χ0v) is 17.6. The summed E-state index contributed by atoms with van der Waals surface area (Å²) in [4.78, 5) is 3.87. The molecule has 0 bridgehead atoms. The second kappa shape index (κ2) is 9.58. The van der Waals surface area contributed by atoms with E-state index >= 15 is 0 Å². The first-order chi connectivity index (χ1) is 15.4. The van der Waals surface area contributed by atoms with Gasteiger partial charge in [-0.1, -0.05) is 42.1 Å². The zero-order valence-electron chi connectivity index (χ0n) is 16.7. The van der Waals surface area contributed by atoms with Crippen LogP contribution in [-0.4, -0.2) is 49.5 Å². The zero-order chi connectivity index (χ0) is 22.6. The van der Waals surface area contributed by atoms with Gasteiger partial charge in [0.1, 0.15) is 18.9 Å². The van der Waals surface area contributed by atoms with Gasteiger partial charge in [-0.05, 0) is 35.0 Å². The summed E-state index contributed by atoms with van der Waals surface area (Å²) in [7, 11) is 0. The molecule has 1 N–H and O–H groups in total. The van der Waals surface area contributed by atoms with E-state index in [-0.39, 0.29) is 23.3 Å². The van der Waals surface area contributed by atoms with Crippen molar-refractivity contribution in [1.29, 1.82) is 0 Å². The van der Waals surface area contributed by atoms with Gasteiger partial charge in [0.15, 0.2) is 11.0 Å². The standard InChI is InChI=1S/C22H19F3N4O2S/c23-22(24,25)14-29-20(16-7-9-26-10-8-16)27-28-21(29)32-13-18(30)12-31-19-6-5-15-3-1-2-4-17(15)11-19/h1-11,18,30H,12-14H2. The van der Waals surface area contributed by atoms with Gasteiger partial charge in [0.25, 0.3) is 0 Å². The largest absolute Gasteiger partial charge is 0.491 e. The van der Waals surface area contributed by atoms with Crippen LogP contribution in [0.15, 0.2) is 72.1 Å². The number of aliphatic hydroxyl groups is 1. The van der Waals surface area contributed by atoms with Crippen molar-refractivity contribution in [3.05, 3.63) is 67.0 Å². The number of benzene rings is 2. The first-order valence-corrected chi connectivity index (χ1v) is 10.7. The number of hydrogen-bond acceptors (Lipinski definition) is 6. The highest BCUT2D eigenvalue weighted by Gasteiger charge is 2.31. The second-order valence-electron chi connectivity index (χ2n) is 7.03. The van der Waals surface area contributed by atoms with Gasteiger partial charge >= 0.3 is 6.18 Å². The number of aliphatic hydroxyl groups excluding tert-OH is 1. The topological polar surface area (TPSA) is 73.1 Å². The number of rotatable bonds is 8. The first-order valence-electron chi connectivity index (χ1n) is 9.72. The Labute approximate surface area is 186 Å². The lowest BCUT2D eigenvalue weighted by Gasteiger charge is -2.14. The van der Waals surface area contributed by atoms with Gasteiger partial charge < -0.3 is 9.84 Å². The molecule has 2 aromatic carbocycles. The predicted molar refractivity (Wildman–Crippen MR) is 115 cm³/mol. The molecule has 0 aliphatic carbocycles. The Kier molecular flexibility index (Phi) is 6.61. The fraction of sp³-hybridized carbons (Fsp3) is 0.227. The lowest BCUT2D eigenvalue weighted by Crippen LogP contribution is -2.22. The van der Waals surface area contributed by atoms with Crippen molar-refractivity contribution in [2.45, 2.75) is 24.0 Å². The summed E-state index contributed by atoms with van der Waals surface area (Å²) in [6.45, 7) is -1.24. The molecule has 0 spiro atoms. The van der Waals surface area contributed by atoms with E-state index in [1.807, 2.05) is 42.5 Å². The molecule has 0 fully saturated rings. The highest BCUT2D eigenvalue weighted by Crippen LogP contribution is 2.28. The number of thioether (sulfide) groups is 1. The maximum Gasteiger partial charge on any atom is 0.406 e. The van der Waals surface area contributed by atoms with E-state index in [0.29, 0.717) is 11.3 Å². The molecular formula is C22H19F3N4O2S. The van der Waals surface area contributed by atoms with Crippen molar-refractivity contribution in [1.82, 2.24) is 19.7 Å². The molecule has 0 amide bonds. The van der Waals surface area contributed by atoms with Crippen molar-refractivity contribution >= 4 is 22.5 Å². The molecule has 0 aliphatic rings. The smallest absolute Gasteiger partial charge is 0.406 e. The maximum absolute atomic E-state index is 13.1. The van der Waals surface area contributed by atoms with E-state index in [4.69, 9.17) is 4.74 Å². The number of halogens is 3. The van der Waals surface area contributed by atoms with Crippen molar-refractivity contribution in [2.75, 3.05) is 12.4 Å². The SMILES string of the molecule is OC(COc1ccc2ccccc2c1)CSc1nnc(-c2ccncc2)n1CC(F)(F)F. The summed E-state index contributed by atoms with van der Waals surface area (Å²) in [5, 5.41) is 20.3. The quantitative estimate of drug-likeness (QED) is 0.388. The third-order valence-electron chi connectivity index (χ3n) is 4.56. The van der Waals surface area contributed by atoms with Crippen molar-refractivity contribution < 1.29 is 23.0 Å². The fourth-order valence-corrected chi connectivity index (χ4v) is 3.94. The van der Waals surface area contributed by atoms with E-state index < -0.39 is 18.8 Å². The number of nitrogens with zero attached hydrogens (tertiary/aromatic N) is 4. The number of pyridine rings is 1. The third kappa shape index (κ3) is 5.57. The third-order valence-corrected chi connectivity index (χ3v) is 5.67. The van der Waals surface area contributed by atoms with E-state index in [0.717, 1.165) is 27.1 Å². The average molecular weight is 460 g/mol. The Balaban J connectivity index is 1.41. The number of ether oxygens (including phenoxy) is 1. The Morgan fingerprint density at radius 1 is 1.00 bits per heavy atom. The Morgan fingerprint density at radius 3 is 2.50 bits per heavy atom. The van der Waals surface area contributed by atoms with E-state index in [9.17, 15) is 18.3 Å². The van der Waals surface area contributed by atoms with Crippen LogP contribution < -0.4 is 4.74 Å². The van der Waals surface area contributed by atoms with Crippen molar-refractivity contribution in [3.63, 3.8) is 0 Å². The molecule has 2 aromatic heterocycles. The summed E-state index contributed by atoms with van der Waals surface area (Å²) < 4.78 is 46.1. The van der Waals surface area contributed by atoms with Crippen molar-refractivity contribution in [2.24, 2.45) is 0 Å². The minimum Gasteiger partial charge on any atom is -0.491 e. The van der Waals surface area contributed by atoms with E-state index in [2.05, 4.69) is 15.2 Å². The van der Waals surface area contributed by atoms with E-state index in [1.165, 1.54) is 12.4 Å². The molecule has 1 unspecified atom stereocenters. The second-order valence-corrected chi connectivity index (χ2v) is 8.02. The molecule has 10 heteroatoms. The summed E-state index contributed by atoms with van der Waals surface area (Å²) >= 11 is 0.993. The summed E-state index contributed by atoms with van der Waals surface area (Å²) in [5.74, 6) is 0.794. The molecule has 6 nitrogen and oxygen atoms in total. The van der Waals surface area contributed by atoms with Crippen LogP contribution >= 0.6 is 11.8 Å². The first kappa shape index (κ1) is 22.1.